The number of aliphatic carboxylic acids is 1. The average molecular weight is 311 g/mol. The second-order valence-corrected chi connectivity index (χ2v) is 9.25. The van der Waals surface area contributed by atoms with Gasteiger partial charge in [0.15, 0.2) is 0 Å². The molecule has 0 heterocycles. The molecule has 4 aliphatic carbocycles. The molecule has 0 spiro atoms. The lowest BCUT2D eigenvalue weighted by Gasteiger charge is -2.56. The summed E-state index contributed by atoms with van der Waals surface area (Å²) in [6.07, 6.45) is 6.66. The molecule has 4 aliphatic rings. The van der Waals surface area contributed by atoms with E-state index in [0.717, 1.165) is 19.3 Å². The Kier molecular flexibility index (Phi) is 3.55. The Bertz CT molecular complexity index is 433. The second kappa shape index (κ2) is 4.90. The van der Waals surface area contributed by atoms with E-state index in [9.17, 15) is 14.7 Å². The molecule has 0 radical (unpaired) electrons. The molecule has 4 fully saturated rings. The lowest BCUT2D eigenvalue weighted by atomic mass is 9.49. The molecule has 4 rings (SSSR count). The van der Waals surface area contributed by atoms with Crippen LogP contribution in [0.4, 0.5) is 0 Å². The number of hydrogen-bond acceptors (Lipinski definition) is 3. The van der Waals surface area contributed by atoms with Crippen molar-refractivity contribution in [2.75, 3.05) is 0 Å². The molecule has 4 saturated carbocycles. The van der Waals surface area contributed by atoms with Gasteiger partial charge < -0.3 is 10.4 Å². The lowest BCUT2D eigenvalue weighted by Crippen LogP contribution is -2.59. The summed E-state index contributed by atoms with van der Waals surface area (Å²) >= 11 is 4.35. The molecule has 1 atom stereocenters. The highest BCUT2D eigenvalue weighted by molar-refractivity contribution is 7.81. The first-order valence-electron chi connectivity index (χ1n) is 7.96. The zero-order chi connectivity index (χ0) is 15.4. The minimum atomic E-state index is -1.01. The van der Waals surface area contributed by atoms with Crippen molar-refractivity contribution in [3.63, 3.8) is 0 Å². The van der Waals surface area contributed by atoms with Gasteiger partial charge >= 0.3 is 5.97 Å². The molecular formula is C16H25NO3S. The van der Waals surface area contributed by atoms with Gasteiger partial charge in [-0.25, -0.2) is 4.79 Å². The normalized spacial score (nSPS) is 39.1. The minimum Gasteiger partial charge on any atom is -0.480 e. The average Bonchev–Trinajstić information content (AvgIpc) is 2.31. The van der Waals surface area contributed by atoms with E-state index in [-0.39, 0.29) is 11.3 Å². The summed E-state index contributed by atoms with van der Waals surface area (Å²) in [5, 5.41) is 12.2. The fourth-order valence-electron chi connectivity index (χ4n) is 5.21. The van der Waals surface area contributed by atoms with E-state index in [1.165, 1.54) is 19.3 Å². The summed E-state index contributed by atoms with van der Waals surface area (Å²) in [6.45, 7) is 3.46. The Hall–Kier alpha value is -0.710. The number of carbonyl (C=O) groups is 2. The van der Waals surface area contributed by atoms with E-state index in [2.05, 4.69) is 17.9 Å². The second-order valence-electron chi connectivity index (χ2n) is 8.10. The summed E-state index contributed by atoms with van der Waals surface area (Å²) in [5.41, 5.74) is -0.304. The summed E-state index contributed by atoms with van der Waals surface area (Å²) in [5.74, 6) is 0.974. The Morgan fingerprint density at radius 1 is 1.14 bits per heavy atom. The van der Waals surface area contributed by atoms with Crippen molar-refractivity contribution < 1.29 is 14.7 Å². The Balaban J connectivity index is 1.77. The van der Waals surface area contributed by atoms with Crippen LogP contribution < -0.4 is 5.32 Å². The molecule has 0 aromatic rings. The summed E-state index contributed by atoms with van der Waals surface area (Å²) in [7, 11) is 0. The van der Waals surface area contributed by atoms with Gasteiger partial charge in [-0.15, -0.1) is 0 Å². The van der Waals surface area contributed by atoms with Crippen molar-refractivity contribution in [2.45, 2.75) is 63.2 Å². The highest BCUT2D eigenvalue weighted by Gasteiger charge is 2.55. The van der Waals surface area contributed by atoms with Gasteiger partial charge in [-0.1, -0.05) is 0 Å². The van der Waals surface area contributed by atoms with Gasteiger partial charge in [0.05, 0.1) is 0 Å². The molecule has 118 valence electrons. The third-order valence-electron chi connectivity index (χ3n) is 5.75. The number of amides is 1. The SMILES string of the molecule is CC(C)(S)C(NC(=O)C12CC3CC(CC(C3)C1)C2)C(=O)O. The van der Waals surface area contributed by atoms with Gasteiger partial charge in [0.1, 0.15) is 6.04 Å². The maximum absolute atomic E-state index is 12.8. The van der Waals surface area contributed by atoms with Crippen molar-refractivity contribution in [3.8, 4) is 0 Å². The van der Waals surface area contributed by atoms with Crippen LogP contribution in [0.3, 0.4) is 0 Å². The number of rotatable bonds is 4. The smallest absolute Gasteiger partial charge is 0.327 e. The molecule has 1 amide bonds. The van der Waals surface area contributed by atoms with Crippen molar-refractivity contribution >= 4 is 24.5 Å². The van der Waals surface area contributed by atoms with Crippen LogP contribution in [0, 0.1) is 23.2 Å². The standard InChI is InChI=1S/C16H25NO3S/c1-15(2,21)12(13(18)19)17-14(20)16-6-9-3-10(7-16)5-11(4-9)8-16/h9-12,21H,3-8H2,1-2H3,(H,17,20)(H,18,19). The molecule has 0 aromatic carbocycles. The van der Waals surface area contributed by atoms with E-state index in [4.69, 9.17) is 0 Å². The van der Waals surface area contributed by atoms with Crippen LogP contribution in [0.2, 0.25) is 0 Å². The maximum atomic E-state index is 12.8. The molecular weight excluding hydrogens is 286 g/mol. The quantitative estimate of drug-likeness (QED) is 0.699. The number of hydrogen-bond donors (Lipinski definition) is 3. The minimum absolute atomic E-state index is 0.0453. The van der Waals surface area contributed by atoms with E-state index in [0.29, 0.717) is 17.8 Å². The maximum Gasteiger partial charge on any atom is 0.327 e. The number of carbonyl (C=O) groups excluding carboxylic acids is 1. The van der Waals surface area contributed by atoms with Crippen LogP contribution >= 0.6 is 12.6 Å². The van der Waals surface area contributed by atoms with Crippen molar-refractivity contribution in [1.82, 2.24) is 5.32 Å². The molecule has 1 unspecified atom stereocenters. The first kappa shape index (κ1) is 15.2. The van der Waals surface area contributed by atoms with E-state index in [1.54, 1.807) is 13.8 Å². The third-order valence-corrected chi connectivity index (χ3v) is 6.01. The summed E-state index contributed by atoms with van der Waals surface area (Å²) in [4.78, 5) is 24.3. The van der Waals surface area contributed by atoms with Gasteiger partial charge in [0, 0.05) is 10.2 Å². The number of nitrogens with one attached hydrogen (secondary N) is 1. The van der Waals surface area contributed by atoms with Gasteiger partial charge in [-0.2, -0.15) is 12.6 Å². The first-order chi connectivity index (χ1) is 9.69. The van der Waals surface area contributed by atoms with E-state index < -0.39 is 16.8 Å². The van der Waals surface area contributed by atoms with Crippen LogP contribution in [0.15, 0.2) is 0 Å². The molecule has 2 N–H and O–H groups in total. The van der Waals surface area contributed by atoms with Crippen LogP contribution in [0.5, 0.6) is 0 Å². The highest BCUT2D eigenvalue weighted by atomic mass is 32.1. The van der Waals surface area contributed by atoms with Crippen LogP contribution in [0.1, 0.15) is 52.4 Å². The van der Waals surface area contributed by atoms with Crippen LogP contribution in [-0.4, -0.2) is 27.8 Å². The fraction of sp³-hybridized carbons (Fsp3) is 0.875. The zero-order valence-electron chi connectivity index (χ0n) is 12.8. The van der Waals surface area contributed by atoms with E-state index in [1.807, 2.05) is 0 Å². The lowest BCUT2D eigenvalue weighted by molar-refractivity contribution is -0.152. The topological polar surface area (TPSA) is 66.4 Å². The largest absolute Gasteiger partial charge is 0.480 e. The van der Waals surface area contributed by atoms with Gasteiger partial charge in [-0.3, -0.25) is 4.79 Å². The van der Waals surface area contributed by atoms with Crippen LogP contribution in [0.25, 0.3) is 0 Å². The fourth-order valence-corrected chi connectivity index (χ4v) is 5.39. The number of carboxylic acids is 1. The van der Waals surface area contributed by atoms with Gasteiger partial charge in [-0.05, 0) is 70.1 Å². The predicted octanol–water partition coefficient (Wildman–Crippen LogP) is 2.48. The Morgan fingerprint density at radius 2 is 1.57 bits per heavy atom. The third kappa shape index (κ3) is 2.69. The molecule has 0 aliphatic heterocycles. The first-order valence-corrected chi connectivity index (χ1v) is 8.40. The van der Waals surface area contributed by atoms with Crippen molar-refractivity contribution in [2.24, 2.45) is 23.2 Å². The highest BCUT2D eigenvalue weighted by Crippen LogP contribution is 2.60. The molecule has 4 nitrogen and oxygen atoms in total. The molecule has 5 heteroatoms. The molecule has 0 saturated heterocycles. The Labute approximate surface area is 131 Å². The van der Waals surface area contributed by atoms with Gasteiger partial charge in [0.25, 0.3) is 0 Å². The predicted molar refractivity (Wildman–Crippen MR) is 83.2 cm³/mol. The van der Waals surface area contributed by atoms with Gasteiger partial charge in [0.2, 0.25) is 5.91 Å². The summed E-state index contributed by atoms with van der Waals surface area (Å²) < 4.78 is -0.774. The molecule has 0 aromatic heterocycles. The molecule has 21 heavy (non-hydrogen) atoms. The van der Waals surface area contributed by atoms with E-state index >= 15 is 0 Å². The molecule has 4 bridgehead atoms. The number of carboxylic acid groups (broad SMARTS) is 1. The zero-order valence-corrected chi connectivity index (χ0v) is 13.7. The van der Waals surface area contributed by atoms with Crippen molar-refractivity contribution in [3.05, 3.63) is 0 Å². The monoisotopic (exact) mass is 311 g/mol. The number of thiol groups is 1. The van der Waals surface area contributed by atoms with Crippen molar-refractivity contribution in [1.29, 1.82) is 0 Å². The summed E-state index contributed by atoms with van der Waals surface area (Å²) in [6, 6.07) is -0.943. The van der Waals surface area contributed by atoms with Crippen LogP contribution in [-0.2, 0) is 9.59 Å². The Morgan fingerprint density at radius 3 is 1.90 bits per heavy atom.